The number of alkyl halides is 1. The highest BCUT2D eigenvalue weighted by atomic mass is 79.9. The molecule has 0 N–H and O–H groups in total. The van der Waals surface area contributed by atoms with Crippen LogP contribution in [0, 0.1) is 17.8 Å². The van der Waals surface area contributed by atoms with Crippen LogP contribution in [0.5, 0.6) is 0 Å². The Morgan fingerprint density at radius 1 is 0.941 bits per heavy atom. The van der Waals surface area contributed by atoms with Gasteiger partial charge in [0.25, 0.3) is 0 Å². The highest BCUT2D eigenvalue weighted by molar-refractivity contribution is 9.09. The lowest BCUT2D eigenvalue weighted by molar-refractivity contribution is 0.00306. The Kier molecular flexibility index (Phi) is 2.25. The lowest BCUT2D eigenvalue weighted by Crippen LogP contribution is -2.53. The van der Waals surface area contributed by atoms with Crippen molar-refractivity contribution in [2.45, 2.75) is 42.3 Å². The molecule has 5 rings (SSSR count). The molecule has 0 amide bonds. The third kappa shape index (κ3) is 1.47. The maximum Gasteiger partial charge on any atom is 0.0203 e. The van der Waals surface area contributed by atoms with Crippen molar-refractivity contribution >= 4 is 15.9 Å². The van der Waals surface area contributed by atoms with Crippen LogP contribution in [0.3, 0.4) is 0 Å². The second-order valence-electron chi connectivity index (χ2n) is 6.56. The number of halogens is 1. The molecule has 0 nitrogen and oxygen atoms in total. The third-order valence-corrected chi connectivity index (χ3v) is 7.04. The van der Waals surface area contributed by atoms with E-state index < -0.39 is 0 Å². The Hall–Kier alpha value is -0.300. The molecule has 1 heteroatoms. The first-order chi connectivity index (χ1) is 8.27. The molecule has 4 fully saturated rings. The van der Waals surface area contributed by atoms with Crippen LogP contribution in [-0.2, 0) is 5.41 Å². The maximum atomic E-state index is 3.98. The van der Waals surface area contributed by atoms with E-state index in [-0.39, 0.29) is 0 Å². The molecule has 90 valence electrons. The first-order valence-electron chi connectivity index (χ1n) is 6.96. The topological polar surface area (TPSA) is 0 Å². The zero-order valence-electron chi connectivity index (χ0n) is 10.1. The van der Waals surface area contributed by atoms with E-state index in [1.54, 1.807) is 5.56 Å². The molecule has 4 saturated carbocycles. The van der Waals surface area contributed by atoms with Gasteiger partial charge in [-0.25, -0.2) is 0 Å². The van der Waals surface area contributed by atoms with Crippen molar-refractivity contribution in [3.8, 4) is 0 Å². The Bertz CT molecular complexity index is 408. The van der Waals surface area contributed by atoms with E-state index in [9.17, 15) is 0 Å². The van der Waals surface area contributed by atoms with Gasteiger partial charge >= 0.3 is 0 Å². The Balaban J connectivity index is 1.76. The van der Waals surface area contributed by atoms with Crippen molar-refractivity contribution in [2.75, 3.05) is 0 Å². The van der Waals surface area contributed by atoms with E-state index in [0.29, 0.717) is 5.41 Å². The molecule has 0 radical (unpaired) electrons. The number of benzene rings is 1. The minimum Gasteiger partial charge on any atom is -0.0885 e. The van der Waals surface area contributed by atoms with Gasteiger partial charge in [-0.05, 0) is 60.8 Å². The molecule has 4 aliphatic rings. The van der Waals surface area contributed by atoms with E-state index in [4.69, 9.17) is 0 Å². The lowest BCUT2D eigenvalue weighted by atomic mass is 9.48. The fourth-order valence-electron chi connectivity index (χ4n) is 5.11. The summed E-state index contributed by atoms with van der Waals surface area (Å²) in [4.78, 5) is 0.816. The summed E-state index contributed by atoms with van der Waals surface area (Å²) in [6.45, 7) is 0. The second kappa shape index (κ2) is 3.60. The van der Waals surface area contributed by atoms with Crippen LogP contribution in [0.15, 0.2) is 30.3 Å². The van der Waals surface area contributed by atoms with Crippen molar-refractivity contribution < 1.29 is 0 Å². The molecule has 4 bridgehead atoms. The number of rotatable bonds is 1. The zero-order chi connectivity index (χ0) is 11.5. The van der Waals surface area contributed by atoms with Crippen molar-refractivity contribution in [1.29, 1.82) is 0 Å². The maximum absolute atomic E-state index is 3.98. The van der Waals surface area contributed by atoms with Crippen LogP contribution in [-0.4, -0.2) is 4.83 Å². The fraction of sp³-hybridized carbons (Fsp3) is 0.625. The fourth-order valence-corrected chi connectivity index (χ4v) is 5.91. The largest absolute Gasteiger partial charge is 0.0885 e. The predicted octanol–water partition coefficient (Wildman–Crippen LogP) is 4.53. The average molecular weight is 291 g/mol. The monoisotopic (exact) mass is 290 g/mol. The van der Waals surface area contributed by atoms with Gasteiger partial charge in [0.15, 0.2) is 0 Å². The first kappa shape index (κ1) is 10.6. The normalized spacial score (nSPS) is 47.4. The molecule has 0 aromatic heterocycles. The summed E-state index contributed by atoms with van der Waals surface area (Å²) in [5.74, 6) is 2.91. The second-order valence-corrected chi connectivity index (χ2v) is 7.62. The van der Waals surface area contributed by atoms with Crippen LogP contribution in [0.25, 0.3) is 0 Å². The lowest BCUT2D eigenvalue weighted by Gasteiger charge is -2.59. The van der Waals surface area contributed by atoms with Gasteiger partial charge in [0, 0.05) is 4.83 Å². The van der Waals surface area contributed by atoms with Gasteiger partial charge in [-0.2, -0.15) is 0 Å². The van der Waals surface area contributed by atoms with E-state index >= 15 is 0 Å². The van der Waals surface area contributed by atoms with Crippen LogP contribution in [0.4, 0.5) is 0 Å². The van der Waals surface area contributed by atoms with Gasteiger partial charge in [0.05, 0.1) is 0 Å². The summed E-state index contributed by atoms with van der Waals surface area (Å²) in [6.07, 6.45) is 7.30. The summed E-state index contributed by atoms with van der Waals surface area (Å²) < 4.78 is 0. The van der Waals surface area contributed by atoms with Crippen molar-refractivity contribution in [1.82, 2.24) is 0 Å². The summed E-state index contributed by atoms with van der Waals surface area (Å²) in [5.41, 5.74) is 2.17. The van der Waals surface area contributed by atoms with Gasteiger partial charge in [0.2, 0.25) is 0 Å². The minimum atomic E-state index is 0.544. The highest BCUT2D eigenvalue weighted by Crippen LogP contribution is 2.62. The van der Waals surface area contributed by atoms with Crippen molar-refractivity contribution in [3.63, 3.8) is 0 Å². The van der Waals surface area contributed by atoms with Gasteiger partial charge in [-0.1, -0.05) is 46.3 Å². The van der Waals surface area contributed by atoms with Crippen molar-refractivity contribution in [2.24, 2.45) is 17.8 Å². The van der Waals surface area contributed by atoms with Crippen molar-refractivity contribution in [3.05, 3.63) is 35.9 Å². The molecule has 0 heterocycles. The molecular weight excluding hydrogens is 272 g/mol. The van der Waals surface area contributed by atoms with Gasteiger partial charge in [0.1, 0.15) is 0 Å². The molecule has 1 aromatic carbocycles. The summed E-state index contributed by atoms with van der Waals surface area (Å²) in [6, 6.07) is 11.3. The smallest absolute Gasteiger partial charge is 0.0203 e. The Labute approximate surface area is 112 Å². The SMILES string of the molecule is BrC1[C@@H]2CC3C[C@H]1CC(c1ccccc1)(C3)C2. The standard InChI is InChI=1S/C16H19Br/c17-15-12-6-11-7-13(15)10-16(8-11,9-12)14-4-2-1-3-5-14/h1-5,11-13,15H,6-10H2/t11?,12-,13+,15?,16?. The first-order valence-corrected chi connectivity index (χ1v) is 7.88. The average Bonchev–Trinajstić information content (AvgIpc) is 2.36. The molecule has 17 heavy (non-hydrogen) atoms. The molecule has 5 atom stereocenters. The minimum absolute atomic E-state index is 0.544. The Morgan fingerprint density at radius 2 is 1.59 bits per heavy atom. The summed E-state index contributed by atoms with van der Waals surface area (Å²) in [7, 11) is 0. The molecule has 0 spiro atoms. The van der Waals surface area contributed by atoms with Crippen LogP contribution >= 0.6 is 15.9 Å². The molecule has 4 aliphatic carbocycles. The third-order valence-electron chi connectivity index (χ3n) is 5.54. The van der Waals surface area contributed by atoms with Crippen LogP contribution in [0.1, 0.15) is 37.7 Å². The van der Waals surface area contributed by atoms with Gasteiger partial charge in [-0.3, -0.25) is 0 Å². The molecule has 3 unspecified atom stereocenters. The van der Waals surface area contributed by atoms with Crippen LogP contribution < -0.4 is 0 Å². The molecule has 0 saturated heterocycles. The van der Waals surface area contributed by atoms with Gasteiger partial charge in [-0.15, -0.1) is 0 Å². The number of hydrogen-bond donors (Lipinski definition) is 0. The van der Waals surface area contributed by atoms with E-state index in [0.717, 1.165) is 22.6 Å². The predicted molar refractivity (Wildman–Crippen MR) is 74.4 cm³/mol. The zero-order valence-corrected chi connectivity index (χ0v) is 11.7. The molecular formula is C16H19Br. The highest BCUT2D eigenvalue weighted by Gasteiger charge is 2.55. The van der Waals surface area contributed by atoms with Gasteiger partial charge < -0.3 is 0 Å². The Morgan fingerprint density at radius 3 is 2.24 bits per heavy atom. The number of hydrogen-bond acceptors (Lipinski definition) is 0. The summed E-state index contributed by atoms with van der Waals surface area (Å²) >= 11 is 3.98. The molecule has 0 aliphatic heterocycles. The van der Waals surface area contributed by atoms with Crippen LogP contribution in [0.2, 0.25) is 0 Å². The summed E-state index contributed by atoms with van der Waals surface area (Å²) in [5, 5.41) is 0. The van der Waals surface area contributed by atoms with E-state index in [1.807, 2.05) is 0 Å². The van der Waals surface area contributed by atoms with E-state index in [1.165, 1.54) is 32.1 Å². The van der Waals surface area contributed by atoms with E-state index in [2.05, 4.69) is 46.3 Å². The quantitative estimate of drug-likeness (QED) is 0.667. The molecule has 1 aromatic rings.